The van der Waals surface area contributed by atoms with Gasteiger partial charge in [0.05, 0.1) is 13.2 Å². The second-order valence-corrected chi connectivity index (χ2v) is 3.02. The molecule has 0 spiro atoms. The van der Waals surface area contributed by atoms with E-state index >= 15 is 0 Å². The highest BCUT2D eigenvalue weighted by Crippen LogP contribution is 1.89. The summed E-state index contributed by atoms with van der Waals surface area (Å²) < 4.78 is 10.1. The summed E-state index contributed by atoms with van der Waals surface area (Å²) in [4.78, 5) is 10.8. The van der Waals surface area contributed by atoms with Gasteiger partial charge in [0.25, 0.3) is 0 Å². The molecule has 14 heavy (non-hydrogen) atoms. The van der Waals surface area contributed by atoms with E-state index in [4.69, 9.17) is 9.47 Å². The fourth-order valence-corrected chi connectivity index (χ4v) is 0.926. The first kappa shape index (κ1) is 13.4. The normalized spacial score (nSPS) is 10.1. The first-order valence-electron chi connectivity index (χ1n) is 5.14. The lowest BCUT2D eigenvalue weighted by atomic mass is 10.3. The molecule has 0 radical (unpaired) electrons. The smallest absolute Gasteiger partial charge is 0.219 e. The highest BCUT2D eigenvalue weighted by molar-refractivity contribution is 5.75. The Morgan fingerprint density at radius 2 is 2.00 bits per heavy atom. The van der Waals surface area contributed by atoms with E-state index in [1.807, 2.05) is 6.92 Å². The van der Waals surface area contributed by atoms with Gasteiger partial charge in [0.15, 0.2) is 0 Å². The number of nitrogens with one attached hydrogen (secondary N) is 1. The molecule has 0 aliphatic carbocycles. The van der Waals surface area contributed by atoms with Gasteiger partial charge in [-0.15, -0.1) is 0 Å². The van der Waals surface area contributed by atoms with Crippen LogP contribution in [0, 0.1) is 0 Å². The molecule has 0 saturated carbocycles. The van der Waals surface area contributed by atoms with Gasteiger partial charge in [0, 0.05) is 26.7 Å². The highest BCUT2D eigenvalue weighted by Gasteiger charge is 1.94. The minimum absolute atomic E-state index is 0.116. The first-order chi connectivity index (χ1) is 6.81. The van der Waals surface area contributed by atoms with Crippen molar-refractivity contribution in [3.63, 3.8) is 0 Å². The molecule has 4 nitrogen and oxygen atoms in total. The summed E-state index contributed by atoms with van der Waals surface area (Å²) in [5, 5.41) is 2.82. The number of methoxy groups -OCH3 is 1. The summed E-state index contributed by atoms with van der Waals surface area (Å²) in [7, 11) is 1.66. The Morgan fingerprint density at radius 1 is 1.21 bits per heavy atom. The minimum atomic E-state index is 0.116. The van der Waals surface area contributed by atoms with Gasteiger partial charge in [-0.25, -0.2) is 0 Å². The Bertz CT molecular complexity index is 139. The zero-order chi connectivity index (χ0) is 10.6. The molecule has 0 aromatic carbocycles. The number of ether oxygens (including phenoxy) is 2. The summed E-state index contributed by atoms with van der Waals surface area (Å²) in [5.41, 5.74) is 0. The largest absolute Gasteiger partial charge is 0.382 e. The van der Waals surface area contributed by atoms with Gasteiger partial charge >= 0.3 is 0 Å². The quantitative estimate of drug-likeness (QED) is 0.568. The zero-order valence-electron chi connectivity index (χ0n) is 9.17. The number of hydrogen-bond donors (Lipinski definition) is 1. The number of carbonyl (C=O) groups is 1. The summed E-state index contributed by atoms with van der Waals surface area (Å²) in [6, 6.07) is 0. The third-order valence-corrected chi connectivity index (χ3v) is 1.79. The Labute approximate surface area is 86.0 Å². The van der Waals surface area contributed by atoms with E-state index in [1.165, 1.54) is 0 Å². The molecule has 0 bridgehead atoms. The summed E-state index contributed by atoms with van der Waals surface area (Å²) >= 11 is 0. The third kappa shape index (κ3) is 9.48. The number of unbranched alkanes of at least 4 members (excludes halogenated alkanes) is 1. The van der Waals surface area contributed by atoms with E-state index in [0.717, 1.165) is 26.0 Å². The van der Waals surface area contributed by atoms with Crippen LogP contribution >= 0.6 is 0 Å². The van der Waals surface area contributed by atoms with Crippen molar-refractivity contribution in [1.29, 1.82) is 0 Å². The van der Waals surface area contributed by atoms with Crippen molar-refractivity contribution in [2.75, 3.05) is 33.5 Å². The van der Waals surface area contributed by atoms with Crippen LogP contribution in [-0.2, 0) is 14.3 Å². The number of carbonyl (C=O) groups excluding carboxylic acids is 1. The van der Waals surface area contributed by atoms with Gasteiger partial charge in [0.1, 0.15) is 0 Å². The molecule has 0 aliphatic rings. The Morgan fingerprint density at radius 3 is 2.64 bits per heavy atom. The Hall–Kier alpha value is -0.610. The molecule has 4 heteroatoms. The van der Waals surface area contributed by atoms with Crippen LogP contribution in [0.4, 0.5) is 0 Å². The van der Waals surface area contributed by atoms with Crippen molar-refractivity contribution >= 4 is 5.91 Å². The molecule has 1 amide bonds. The number of hydrogen-bond acceptors (Lipinski definition) is 3. The molecule has 1 N–H and O–H groups in total. The van der Waals surface area contributed by atoms with Crippen LogP contribution in [-0.4, -0.2) is 39.4 Å². The van der Waals surface area contributed by atoms with Gasteiger partial charge in [0.2, 0.25) is 5.91 Å². The SMILES string of the molecule is CCC(=O)NCCCCOCCOC. The topological polar surface area (TPSA) is 47.6 Å². The van der Waals surface area contributed by atoms with Crippen molar-refractivity contribution in [3.05, 3.63) is 0 Å². The average Bonchev–Trinajstić information content (AvgIpc) is 2.21. The molecule has 0 aromatic heterocycles. The highest BCUT2D eigenvalue weighted by atomic mass is 16.5. The van der Waals surface area contributed by atoms with Crippen LogP contribution in [0.25, 0.3) is 0 Å². The Balaban J connectivity index is 2.95. The van der Waals surface area contributed by atoms with Crippen molar-refractivity contribution < 1.29 is 14.3 Å². The standard InChI is InChI=1S/C10H21NO3/c1-3-10(12)11-6-4-5-7-14-9-8-13-2/h3-9H2,1-2H3,(H,11,12). The fourth-order valence-electron chi connectivity index (χ4n) is 0.926. The summed E-state index contributed by atoms with van der Waals surface area (Å²) in [6.45, 7) is 4.64. The maximum Gasteiger partial charge on any atom is 0.219 e. The lowest BCUT2D eigenvalue weighted by molar-refractivity contribution is -0.120. The van der Waals surface area contributed by atoms with E-state index in [0.29, 0.717) is 19.6 Å². The predicted octanol–water partition coefficient (Wildman–Crippen LogP) is 0.956. The van der Waals surface area contributed by atoms with Crippen molar-refractivity contribution in [2.24, 2.45) is 0 Å². The van der Waals surface area contributed by atoms with E-state index in [2.05, 4.69) is 5.32 Å². The molecule has 0 fully saturated rings. The molecule has 84 valence electrons. The van der Waals surface area contributed by atoms with Crippen LogP contribution in [0.5, 0.6) is 0 Å². The average molecular weight is 203 g/mol. The van der Waals surface area contributed by atoms with Crippen LogP contribution in [0.1, 0.15) is 26.2 Å². The van der Waals surface area contributed by atoms with E-state index in [9.17, 15) is 4.79 Å². The number of amides is 1. The predicted molar refractivity (Wildman–Crippen MR) is 55.2 cm³/mol. The lowest BCUT2D eigenvalue weighted by Gasteiger charge is -2.04. The molecular formula is C10H21NO3. The summed E-state index contributed by atoms with van der Waals surface area (Å²) in [5.74, 6) is 0.116. The molecule has 0 heterocycles. The second kappa shape index (κ2) is 10.5. The molecule has 0 aromatic rings. The maximum absolute atomic E-state index is 10.8. The van der Waals surface area contributed by atoms with Crippen molar-refractivity contribution in [1.82, 2.24) is 5.32 Å². The molecule has 0 aliphatic heterocycles. The second-order valence-electron chi connectivity index (χ2n) is 3.02. The van der Waals surface area contributed by atoms with Crippen LogP contribution in [0.3, 0.4) is 0 Å². The van der Waals surface area contributed by atoms with Crippen molar-refractivity contribution in [2.45, 2.75) is 26.2 Å². The van der Waals surface area contributed by atoms with Gasteiger partial charge < -0.3 is 14.8 Å². The molecule has 0 atom stereocenters. The van der Waals surface area contributed by atoms with E-state index in [-0.39, 0.29) is 5.91 Å². The first-order valence-corrected chi connectivity index (χ1v) is 5.14. The van der Waals surface area contributed by atoms with Crippen LogP contribution < -0.4 is 5.32 Å². The van der Waals surface area contributed by atoms with Crippen LogP contribution in [0.2, 0.25) is 0 Å². The van der Waals surface area contributed by atoms with Gasteiger partial charge in [-0.05, 0) is 12.8 Å². The fraction of sp³-hybridized carbons (Fsp3) is 0.900. The third-order valence-electron chi connectivity index (χ3n) is 1.79. The zero-order valence-corrected chi connectivity index (χ0v) is 9.17. The monoisotopic (exact) mass is 203 g/mol. The lowest BCUT2D eigenvalue weighted by Crippen LogP contribution is -2.23. The Kier molecular flexibility index (Phi) is 10.0. The molecule has 0 unspecified atom stereocenters. The van der Waals surface area contributed by atoms with Crippen molar-refractivity contribution in [3.8, 4) is 0 Å². The number of rotatable bonds is 9. The maximum atomic E-state index is 10.8. The molecule has 0 rings (SSSR count). The van der Waals surface area contributed by atoms with Gasteiger partial charge in [-0.1, -0.05) is 6.92 Å². The van der Waals surface area contributed by atoms with Gasteiger partial charge in [-0.3, -0.25) is 4.79 Å². The van der Waals surface area contributed by atoms with E-state index in [1.54, 1.807) is 7.11 Å². The van der Waals surface area contributed by atoms with Gasteiger partial charge in [-0.2, -0.15) is 0 Å². The van der Waals surface area contributed by atoms with E-state index < -0.39 is 0 Å². The molecule has 0 saturated heterocycles. The van der Waals surface area contributed by atoms with Crippen LogP contribution in [0.15, 0.2) is 0 Å². The summed E-state index contributed by atoms with van der Waals surface area (Å²) in [6.07, 6.45) is 2.51. The minimum Gasteiger partial charge on any atom is -0.382 e. The molecular weight excluding hydrogens is 182 g/mol.